The summed E-state index contributed by atoms with van der Waals surface area (Å²) in [6.07, 6.45) is 1.75. The van der Waals surface area contributed by atoms with Crippen LogP contribution in [-0.4, -0.2) is 39.7 Å². The zero-order valence-corrected chi connectivity index (χ0v) is 15.3. The van der Waals surface area contributed by atoms with Gasteiger partial charge in [0.15, 0.2) is 11.5 Å². The number of hydrogen-bond donors (Lipinski definition) is 2. The fraction of sp³-hybridized carbons (Fsp3) is 0.200. The number of hydrogen-bond acceptors (Lipinski definition) is 5. The first-order valence-corrected chi connectivity index (χ1v) is 8.28. The van der Waals surface area contributed by atoms with Gasteiger partial charge in [0.1, 0.15) is 12.4 Å². The Balaban J connectivity index is 1.82. The Kier molecular flexibility index (Phi) is 5.30. The maximum Gasteiger partial charge on any atom is 0.255 e. The second-order valence-electron chi connectivity index (χ2n) is 5.82. The van der Waals surface area contributed by atoms with Crippen LogP contribution < -0.4 is 24.8 Å². The van der Waals surface area contributed by atoms with E-state index in [1.54, 1.807) is 63.7 Å². The van der Waals surface area contributed by atoms with Crippen LogP contribution in [0.5, 0.6) is 17.2 Å². The second-order valence-corrected chi connectivity index (χ2v) is 5.82. The average Bonchev–Trinajstić information content (AvgIpc) is 2.71. The molecule has 3 rings (SSSR count). The lowest BCUT2D eigenvalue weighted by Gasteiger charge is -2.19. The van der Waals surface area contributed by atoms with Crippen molar-refractivity contribution >= 4 is 23.6 Å². The third-order valence-electron chi connectivity index (χ3n) is 4.13. The molecule has 0 aromatic heterocycles. The molecule has 2 aromatic rings. The van der Waals surface area contributed by atoms with Gasteiger partial charge >= 0.3 is 0 Å². The van der Waals surface area contributed by atoms with Gasteiger partial charge in [-0.05, 0) is 30.3 Å². The topological polar surface area (TPSA) is 85.9 Å². The molecule has 0 atom stereocenters. The standard InChI is InChI=1S/C20H20N2O5/c1-21-19(23)12-5-4-6-15(8-12)22-20(24)14-7-13-9-17(25-2)18(26-3)10-16(13)27-11-14/h4-10H,11H2,1-3H3,(H,21,23)(H,22,24). The van der Waals surface area contributed by atoms with Gasteiger partial charge in [-0.25, -0.2) is 0 Å². The number of anilines is 1. The van der Waals surface area contributed by atoms with Gasteiger partial charge in [0.2, 0.25) is 0 Å². The van der Waals surface area contributed by atoms with E-state index in [4.69, 9.17) is 14.2 Å². The number of carbonyl (C=O) groups is 2. The highest BCUT2D eigenvalue weighted by Crippen LogP contribution is 2.37. The highest BCUT2D eigenvalue weighted by molar-refractivity contribution is 6.08. The Morgan fingerprint density at radius 3 is 2.48 bits per heavy atom. The van der Waals surface area contributed by atoms with Gasteiger partial charge < -0.3 is 24.8 Å². The molecule has 0 saturated heterocycles. The predicted molar refractivity (Wildman–Crippen MR) is 101 cm³/mol. The molecule has 1 aliphatic rings. The SMILES string of the molecule is CNC(=O)c1cccc(NC(=O)C2=Cc3cc(OC)c(OC)cc3OC2)c1. The molecule has 1 heterocycles. The van der Waals surface area contributed by atoms with Crippen molar-refractivity contribution in [3.8, 4) is 17.2 Å². The third kappa shape index (κ3) is 3.87. The molecule has 0 unspecified atom stereocenters. The number of carbonyl (C=O) groups excluding carboxylic acids is 2. The van der Waals surface area contributed by atoms with Crippen LogP contribution in [0.3, 0.4) is 0 Å². The largest absolute Gasteiger partial charge is 0.493 e. The zero-order valence-electron chi connectivity index (χ0n) is 15.3. The highest BCUT2D eigenvalue weighted by atomic mass is 16.5. The maximum atomic E-state index is 12.6. The molecular weight excluding hydrogens is 348 g/mol. The van der Waals surface area contributed by atoms with E-state index >= 15 is 0 Å². The summed E-state index contributed by atoms with van der Waals surface area (Å²) in [4.78, 5) is 24.3. The quantitative estimate of drug-likeness (QED) is 0.847. The number of amides is 2. The van der Waals surface area contributed by atoms with Crippen LogP contribution in [-0.2, 0) is 4.79 Å². The zero-order chi connectivity index (χ0) is 19.4. The summed E-state index contributed by atoms with van der Waals surface area (Å²) < 4.78 is 16.2. The van der Waals surface area contributed by atoms with Gasteiger partial charge in [0, 0.05) is 29.9 Å². The Labute approximate surface area is 156 Å². The van der Waals surface area contributed by atoms with E-state index in [9.17, 15) is 9.59 Å². The molecule has 27 heavy (non-hydrogen) atoms. The first-order chi connectivity index (χ1) is 13.0. The van der Waals surface area contributed by atoms with Crippen molar-refractivity contribution in [3.63, 3.8) is 0 Å². The molecule has 0 bridgehead atoms. The Bertz CT molecular complexity index is 921. The van der Waals surface area contributed by atoms with Crippen LogP contribution in [0.25, 0.3) is 6.08 Å². The van der Waals surface area contributed by atoms with Gasteiger partial charge in [-0.1, -0.05) is 6.07 Å². The van der Waals surface area contributed by atoms with E-state index in [-0.39, 0.29) is 18.4 Å². The first kappa shape index (κ1) is 18.3. The van der Waals surface area contributed by atoms with Crippen molar-refractivity contribution in [3.05, 3.63) is 53.1 Å². The Morgan fingerprint density at radius 2 is 1.78 bits per heavy atom. The van der Waals surface area contributed by atoms with E-state index in [0.29, 0.717) is 34.1 Å². The van der Waals surface area contributed by atoms with Crippen LogP contribution >= 0.6 is 0 Å². The van der Waals surface area contributed by atoms with Crippen molar-refractivity contribution in [2.45, 2.75) is 0 Å². The molecule has 140 valence electrons. The summed E-state index contributed by atoms with van der Waals surface area (Å²) in [6.45, 7) is 0.128. The van der Waals surface area contributed by atoms with Gasteiger partial charge in [-0.3, -0.25) is 9.59 Å². The summed E-state index contributed by atoms with van der Waals surface area (Å²) in [7, 11) is 4.65. The number of methoxy groups -OCH3 is 2. The van der Waals surface area contributed by atoms with E-state index in [0.717, 1.165) is 5.56 Å². The van der Waals surface area contributed by atoms with E-state index < -0.39 is 0 Å². The first-order valence-electron chi connectivity index (χ1n) is 8.28. The fourth-order valence-electron chi connectivity index (χ4n) is 2.72. The molecule has 0 radical (unpaired) electrons. The van der Waals surface area contributed by atoms with E-state index in [1.165, 1.54) is 0 Å². The van der Waals surface area contributed by atoms with E-state index in [1.807, 2.05) is 0 Å². The second kappa shape index (κ2) is 7.82. The van der Waals surface area contributed by atoms with Gasteiger partial charge in [-0.2, -0.15) is 0 Å². The lowest BCUT2D eigenvalue weighted by atomic mass is 10.1. The van der Waals surface area contributed by atoms with Crippen LogP contribution in [0.4, 0.5) is 5.69 Å². The summed E-state index contributed by atoms with van der Waals surface area (Å²) in [5, 5.41) is 5.34. The maximum absolute atomic E-state index is 12.6. The van der Waals surface area contributed by atoms with Gasteiger partial charge in [0.25, 0.3) is 11.8 Å². The summed E-state index contributed by atoms with van der Waals surface area (Å²) >= 11 is 0. The molecule has 0 saturated carbocycles. The molecule has 1 aliphatic heterocycles. The molecule has 2 N–H and O–H groups in total. The van der Waals surface area contributed by atoms with Crippen LogP contribution in [0.15, 0.2) is 42.0 Å². The van der Waals surface area contributed by atoms with Crippen molar-refractivity contribution in [2.75, 3.05) is 33.2 Å². The highest BCUT2D eigenvalue weighted by Gasteiger charge is 2.20. The van der Waals surface area contributed by atoms with Gasteiger partial charge in [-0.15, -0.1) is 0 Å². The molecule has 2 aromatic carbocycles. The summed E-state index contributed by atoms with van der Waals surface area (Å²) in [5.74, 6) is 1.20. The molecular formula is C20H20N2O5. The minimum absolute atomic E-state index is 0.128. The average molecular weight is 368 g/mol. The number of benzene rings is 2. The summed E-state index contributed by atoms with van der Waals surface area (Å²) in [5.41, 5.74) is 2.18. The number of fused-ring (bicyclic) bond motifs is 1. The number of nitrogens with one attached hydrogen (secondary N) is 2. The molecule has 2 amide bonds. The van der Waals surface area contributed by atoms with Crippen molar-refractivity contribution in [1.82, 2.24) is 5.32 Å². The van der Waals surface area contributed by atoms with Crippen molar-refractivity contribution in [2.24, 2.45) is 0 Å². The summed E-state index contributed by atoms with van der Waals surface area (Å²) in [6, 6.07) is 10.2. The number of ether oxygens (including phenoxy) is 3. The Hall–Kier alpha value is -3.48. The van der Waals surface area contributed by atoms with Crippen LogP contribution in [0.2, 0.25) is 0 Å². The lowest BCUT2D eigenvalue weighted by molar-refractivity contribution is -0.113. The molecule has 0 fully saturated rings. The fourth-order valence-corrected chi connectivity index (χ4v) is 2.72. The Morgan fingerprint density at radius 1 is 1.04 bits per heavy atom. The predicted octanol–water partition coefficient (Wildman–Crippen LogP) is 2.48. The molecule has 0 spiro atoms. The number of rotatable bonds is 5. The minimum atomic E-state index is -0.301. The molecule has 0 aliphatic carbocycles. The normalized spacial score (nSPS) is 12.2. The minimum Gasteiger partial charge on any atom is -0.493 e. The van der Waals surface area contributed by atoms with Crippen LogP contribution in [0.1, 0.15) is 15.9 Å². The lowest BCUT2D eigenvalue weighted by Crippen LogP contribution is -2.22. The molecule has 7 nitrogen and oxygen atoms in total. The molecule has 7 heteroatoms. The third-order valence-corrected chi connectivity index (χ3v) is 4.13. The van der Waals surface area contributed by atoms with Crippen molar-refractivity contribution < 1.29 is 23.8 Å². The van der Waals surface area contributed by atoms with Gasteiger partial charge in [0.05, 0.1) is 19.8 Å². The van der Waals surface area contributed by atoms with E-state index in [2.05, 4.69) is 10.6 Å². The van der Waals surface area contributed by atoms with Crippen molar-refractivity contribution in [1.29, 1.82) is 0 Å². The smallest absolute Gasteiger partial charge is 0.255 e. The monoisotopic (exact) mass is 368 g/mol. The van der Waals surface area contributed by atoms with Crippen LogP contribution in [0, 0.1) is 0 Å².